The first-order chi connectivity index (χ1) is 5.97. The lowest BCUT2D eigenvalue weighted by Crippen LogP contribution is -2.14. The Morgan fingerprint density at radius 1 is 1.31 bits per heavy atom. The van der Waals surface area contributed by atoms with Crippen molar-refractivity contribution < 1.29 is 9.15 Å². The molecule has 1 aromatic rings. The van der Waals surface area contributed by atoms with Gasteiger partial charge in [0.15, 0.2) is 0 Å². The molecule has 0 spiro atoms. The lowest BCUT2D eigenvalue weighted by Gasteiger charge is -2.16. The van der Waals surface area contributed by atoms with Gasteiger partial charge < -0.3 is 9.15 Å². The van der Waals surface area contributed by atoms with Gasteiger partial charge in [0.05, 0.1) is 6.61 Å². The molecule has 0 saturated carbocycles. The molecule has 0 amide bonds. The van der Waals surface area contributed by atoms with Crippen LogP contribution >= 0.6 is 0 Å². The Morgan fingerprint density at radius 3 is 2.46 bits per heavy atom. The highest BCUT2D eigenvalue weighted by Crippen LogP contribution is 2.13. The van der Waals surface area contributed by atoms with Crippen molar-refractivity contribution in [2.75, 3.05) is 6.61 Å². The summed E-state index contributed by atoms with van der Waals surface area (Å²) in [7, 11) is 0. The maximum Gasteiger partial charge on any atom is 0.242 e. The number of rotatable bonds is 3. The highest BCUT2D eigenvalue weighted by Gasteiger charge is 2.11. The Kier molecular flexibility index (Phi) is 3.03. The summed E-state index contributed by atoms with van der Waals surface area (Å²) < 4.78 is 10.6. The van der Waals surface area contributed by atoms with Gasteiger partial charge in [-0.1, -0.05) is 20.8 Å². The van der Waals surface area contributed by atoms with Crippen LogP contribution in [-0.4, -0.2) is 16.8 Å². The van der Waals surface area contributed by atoms with Crippen LogP contribution in [0.25, 0.3) is 0 Å². The van der Waals surface area contributed by atoms with Crippen LogP contribution in [0.15, 0.2) is 4.42 Å². The molecule has 0 saturated heterocycles. The number of aryl methyl sites for hydroxylation is 1. The average molecular weight is 184 g/mol. The van der Waals surface area contributed by atoms with Gasteiger partial charge in [-0.2, -0.15) is 0 Å². The molecular weight excluding hydrogens is 168 g/mol. The third-order valence-corrected chi connectivity index (χ3v) is 1.33. The van der Waals surface area contributed by atoms with E-state index in [0.29, 0.717) is 25.0 Å². The summed E-state index contributed by atoms with van der Waals surface area (Å²) in [6, 6.07) is 0. The lowest BCUT2D eigenvalue weighted by molar-refractivity contribution is 0.0475. The van der Waals surface area contributed by atoms with Crippen LogP contribution in [-0.2, 0) is 11.3 Å². The minimum absolute atomic E-state index is 0.176. The average Bonchev–Trinajstić information content (AvgIpc) is 2.33. The number of nitrogens with zero attached hydrogens (tertiary/aromatic N) is 2. The Morgan fingerprint density at radius 2 is 2.00 bits per heavy atom. The van der Waals surface area contributed by atoms with E-state index in [4.69, 9.17) is 9.15 Å². The molecule has 4 heteroatoms. The molecule has 0 bridgehead atoms. The minimum atomic E-state index is 0.176. The minimum Gasteiger partial charge on any atom is -0.423 e. The van der Waals surface area contributed by atoms with Crippen molar-refractivity contribution in [1.82, 2.24) is 10.2 Å². The van der Waals surface area contributed by atoms with E-state index in [-0.39, 0.29) is 5.41 Å². The first-order valence-corrected chi connectivity index (χ1v) is 4.34. The Hall–Kier alpha value is -0.900. The molecule has 0 aliphatic heterocycles. The van der Waals surface area contributed by atoms with E-state index in [1.165, 1.54) is 0 Å². The van der Waals surface area contributed by atoms with Gasteiger partial charge in [0.2, 0.25) is 11.8 Å². The molecule has 74 valence electrons. The number of ether oxygens (including phenoxy) is 1. The molecule has 1 aromatic heterocycles. The monoisotopic (exact) mass is 184 g/mol. The van der Waals surface area contributed by atoms with Crippen LogP contribution in [0, 0.1) is 12.3 Å². The molecule has 13 heavy (non-hydrogen) atoms. The van der Waals surface area contributed by atoms with Crippen molar-refractivity contribution in [3.8, 4) is 0 Å². The smallest absolute Gasteiger partial charge is 0.242 e. The van der Waals surface area contributed by atoms with E-state index in [1.807, 2.05) is 0 Å². The number of hydrogen-bond acceptors (Lipinski definition) is 4. The van der Waals surface area contributed by atoms with Gasteiger partial charge in [0.1, 0.15) is 6.61 Å². The van der Waals surface area contributed by atoms with Gasteiger partial charge in [-0.05, 0) is 5.41 Å². The van der Waals surface area contributed by atoms with Crippen LogP contribution in [0.4, 0.5) is 0 Å². The molecule has 4 nitrogen and oxygen atoms in total. The van der Waals surface area contributed by atoms with Gasteiger partial charge >= 0.3 is 0 Å². The fourth-order valence-electron chi connectivity index (χ4n) is 0.840. The summed E-state index contributed by atoms with van der Waals surface area (Å²) >= 11 is 0. The molecule has 0 aliphatic rings. The van der Waals surface area contributed by atoms with E-state index in [0.717, 1.165) is 0 Å². The first kappa shape index (κ1) is 10.2. The van der Waals surface area contributed by atoms with E-state index >= 15 is 0 Å². The van der Waals surface area contributed by atoms with Crippen LogP contribution in [0.3, 0.4) is 0 Å². The third-order valence-electron chi connectivity index (χ3n) is 1.33. The number of hydrogen-bond donors (Lipinski definition) is 0. The standard InChI is InChI=1S/C9H16N2O2/c1-7-10-11-8(13-7)5-12-6-9(2,3)4/h5-6H2,1-4H3. The van der Waals surface area contributed by atoms with Gasteiger partial charge in [-0.25, -0.2) is 0 Å². The predicted octanol–water partition coefficient (Wildman–Crippen LogP) is 1.94. The van der Waals surface area contributed by atoms with Crippen LogP contribution < -0.4 is 0 Å². The summed E-state index contributed by atoms with van der Waals surface area (Å²) in [4.78, 5) is 0. The molecule has 0 N–H and O–H groups in total. The zero-order chi connectivity index (χ0) is 9.90. The van der Waals surface area contributed by atoms with Crippen LogP contribution in [0.2, 0.25) is 0 Å². The highest BCUT2D eigenvalue weighted by molar-refractivity contribution is 4.75. The van der Waals surface area contributed by atoms with E-state index in [2.05, 4.69) is 31.0 Å². The van der Waals surface area contributed by atoms with Gasteiger partial charge in [0, 0.05) is 6.92 Å². The normalized spacial score (nSPS) is 12.0. The maximum absolute atomic E-state index is 5.40. The van der Waals surface area contributed by atoms with Gasteiger partial charge in [-0.3, -0.25) is 0 Å². The van der Waals surface area contributed by atoms with E-state index in [1.54, 1.807) is 6.92 Å². The topological polar surface area (TPSA) is 48.2 Å². The molecule has 0 atom stereocenters. The fraction of sp³-hybridized carbons (Fsp3) is 0.778. The molecule has 1 heterocycles. The molecule has 0 radical (unpaired) electrons. The molecular formula is C9H16N2O2. The lowest BCUT2D eigenvalue weighted by atomic mass is 9.99. The molecule has 0 aliphatic carbocycles. The van der Waals surface area contributed by atoms with Crippen molar-refractivity contribution in [2.24, 2.45) is 5.41 Å². The van der Waals surface area contributed by atoms with E-state index in [9.17, 15) is 0 Å². The maximum atomic E-state index is 5.40. The van der Waals surface area contributed by atoms with Gasteiger partial charge in [0.25, 0.3) is 0 Å². The zero-order valence-electron chi connectivity index (χ0n) is 8.63. The summed E-state index contributed by atoms with van der Waals surface area (Å²) in [6.07, 6.45) is 0. The SMILES string of the molecule is Cc1nnc(COCC(C)(C)C)o1. The van der Waals surface area contributed by atoms with Crippen molar-refractivity contribution in [2.45, 2.75) is 34.3 Å². The predicted molar refractivity (Wildman–Crippen MR) is 48.1 cm³/mol. The highest BCUT2D eigenvalue weighted by atomic mass is 16.5. The molecule has 0 unspecified atom stereocenters. The third kappa shape index (κ3) is 4.03. The second-order valence-electron chi connectivity index (χ2n) is 4.27. The molecule has 1 rings (SSSR count). The van der Waals surface area contributed by atoms with Crippen molar-refractivity contribution >= 4 is 0 Å². The first-order valence-electron chi connectivity index (χ1n) is 4.34. The van der Waals surface area contributed by atoms with E-state index < -0.39 is 0 Å². The second kappa shape index (κ2) is 3.87. The largest absolute Gasteiger partial charge is 0.423 e. The quantitative estimate of drug-likeness (QED) is 0.720. The zero-order valence-corrected chi connectivity index (χ0v) is 8.63. The van der Waals surface area contributed by atoms with Crippen molar-refractivity contribution in [3.63, 3.8) is 0 Å². The van der Waals surface area contributed by atoms with Gasteiger partial charge in [-0.15, -0.1) is 10.2 Å². The summed E-state index contributed by atoms with van der Waals surface area (Å²) in [6.45, 7) is 9.21. The summed E-state index contributed by atoms with van der Waals surface area (Å²) in [5.74, 6) is 1.12. The Labute approximate surface area is 78.3 Å². The molecule has 0 fully saturated rings. The molecule has 0 aromatic carbocycles. The Bertz CT molecular complexity index is 263. The number of aromatic nitrogens is 2. The summed E-state index contributed by atoms with van der Waals surface area (Å²) in [5, 5.41) is 7.53. The van der Waals surface area contributed by atoms with Crippen LogP contribution in [0.5, 0.6) is 0 Å². The Balaban J connectivity index is 2.28. The van der Waals surface area contributed by atoms with Crippen molar-refractivity contribution in [1.29, 1.82) is 0 Å². The van der Waals surface area contributed by atoms with Crippen molar-refractivity contribution in [3.05, 3.63) is 11.8 Å². The fourth-order valence-corrected chi connectivity index (χ4v) is 0.840. The summed E-state index contributed by atoms with van der Waals surface area (Å²) in [5.41, 5.74) is 0.176. The second-order valence-corrected chi connectivity index (χ2v) is 4.27. The van der Waals surface area contributed by atoms with Crippen LogP contribution in [0.1, 0.15) is 32.6 Å².